The van der Waals surface area contributed by atoms with Crippen molar-refractivity contribution in [1.29, 1.82) is 0 Å². The van der Waals surface area contributed by atoms with E-state index < -0.39 is 24.6 Å². The van der Waals surface area contributed by atoms with Crippen molar-refractivity contribution >= 4 is 5.97 Å². The summed E-state index contributed by atoms with van der Waals surface area (Å²) in [5.41, 5.74) is 0.401. The molecule has 19 heavy (non-hydrogen) atoms. The highest BCUT2D eigenvalue weighted by atomic mass is 16.5. The second-order valence-electron chi connectivity index (χ2n) is 4.37. The van der Waals surface area contributed by atoms with E-state index in [0.29, 0.717) is 30.3 Å². The van der Waals surface area contributed by atoms with E-state index in [1.807, 2.05) is 0 Å². The van der Waals surface area contributed by atoms with Gasteiger partial charge in [-0.05, 0) is 17.7 Å². The quantitative estimate of drug-likeness (QED) is 0.744. The lowest BCUT2D eigenvalue weighted by atomic mass is 10.0. The van der Waals surface area contributed by atoms with Crippen LogP contribution in [0.3, 0.4) is 0 Å². The first-order valence-electron chi connectivity index (χ1n) is 6.05. The normalized spacial score (nSPS) is 17.4. The van der Waals surface area contributed by atoms with Gasteiger partial charge in [-0.1, -0.05) is 6.07 Å². The fraction of sp³-hybridized carbons (Fsp3) is 0.462. The Hall–Kier alpha value is -1.79. The van der Waals surface area contributed by atoms with Gasteiger partial charge in [0.2, 0.25) is 0 Å². The third-order valence-corrected chi connectivity index (χ3v) is 2.86. The number of aliphatic hydroxyl groups is 2. The van der Waals surface area contributed by atoms with Crippen molar-refractivity contribution in [2.24, 2.45) is 0 Å². The van der Waals surface area contributed by atoms with Crippen molar-refractivity contribution in [2.45, 2.75) is 25.0 Å². The predicted molar refractivity (Wildman–Crippen MR) is 65.3 cm³/mol. The number of ether oxygens (including phenoxy) is 2. The lowest BCUT2D eigenvalue weighted by molar-refractivity contribution is -0.141. The Morgan fingerprint density at radius 3 is 2.58 bits per heavy atom. The van der Waals surface area contributed by atoms with E-state index in [4.69, 9.17) is 14.6 Å². The number of aliphatic carboxylic acids is 1. The maximum Gasteiger partial charge on any atom is 0.306 e. The first-order valence-corrected chi connectivity index (χ1v) is 6.05. The van der Waals surface area contributed by atoms with Gasteiger partial charge in [0, 0.05) is 6.42 Å². The maximum absolute atomic E-state index is 10.5. The molecule has 6 heteroatoms. The zero-order valence-corrected chi connectivity index (χ0v) is 10.3. The Balaban J connectivity index is 2.16. The zero-order valence-electron chi connectivity index (χ0n) is 10.3. The predicted octanol–water partition coefficient (Wildman–Crippen LogP) is 0.717. The first-order chi connectivity index (χ1) is 9.08. The van der Waals surface area contributed by atoms with Crippen LogP contribution in [0.1, 0.15) is 24.5 Å². The van der Waals surface area contributed by atoms with Crippen LogP contribution in [0, 0.1) is 0 Å². The van der Waals surface area contributed by atoms with Gasteiger partial charge in [0.05, 0.1) is 25.7 Å². The van der Waals surface area contributed by atoms with Gasteiger partial charge in [0.1, 0.15) is 6.10 Å². The summed E-state index contributed by atoms with van der Waals surface area (Å²) in [6.45, 7) is 1.08. The number of carboxylic acid groups (broad SMARTS) is 1. The molecule has 0 bridgehead atoms. The smallest absolute Gasteiger partial charge is 0.306 e. The van der Waals surface area contributed by atoms with Crippen LogP contribution in [-0.4, -0.2) is 40.6 Å². The van der Waals surface area contributed by atoms with E-state index in [-0.39, 0.29) is 0 Å². The summed E-state index contributed by atoms with van der Waals surface area (Å²) >= 11 is 0. The minimum Gasteiger partial charge on any atom is -0.490 e. The number of fused-ring (bicyclic) bond motifs is 1. The van der Waals surface area contributed by atoms with Crippen LogP contribution in [0.25, 0.3) is 0 Å². The van der Waals surface area contributed by atoms with Crippen LogP contribution >= 0.6 is 0 Å². The second kappa shape index (κ2) is 5.90. The second-order valence-corrected chi connectivity index (χ2v) is 4.37. The topological polar surface area (TPSA) is 96.2 Å². The maximum atomic E-state index is 10.5. The zero-order chi connectivity index (χ0) is 13.8. The van der Waals surface area contributed by atoms with Crippen molar-refractivity contribution < 1.29 is 29.6 Å². The third-order valence-electron chi connectivity index (χ3n) is 2.86. The van der Waals surface area contributed by atoms with E-state index in [0.717, 1.165) is 6.42 Å². The van der Waals surface area contributed by atoms with Crippen LogP contribution < -0.4 is 9.47 Å². The van der Waals surface area contributed by atoms with Gasteiger partial charge in [-0.25, -0.2) is 0 Å². The molecular weight excluding hydrogens is 252 g/mol. The summed E-state index contributed by atoms with van der Waals surface area (Å²) in [5.74, 6) is -0.0846. The average Bonchev–Trinajstić information content (AvgIpc) is 2.61. The molecule has 2 rings (SSSR count). The van der Waals surface area contributed by atoms with E-state index in [9.17, 15) is 15.0 Å². The average molecular weight is 268 g/mol. The van der Waals surface area contributed by atoms with Gasteiger partial charge in [0.25, 0.3) is 0 Å². The van der Waals surface area contributed by atoms with Crippen molar-refractivity contribution in [2.75, 3.05) is 13.2 Å². The molecule has 0 saturated heterocycles. The number of rotatable bonds is 4. The lowest BCUT2D eigenvalue weighted by Crippen LogP contribution is -2.21. The summed E-state index contributed by atoms with van der Waals surface area (Å²) in [5, 5.41) is 28.1. The van der Waals surface area contributed by atoms with E-state index in [1.54, 1.807) is 18.2 Å². The number of aliphatic hydroxyl groups excluding tert-OH is 2. The highest BCUT2D eigenvalue weighted by molar-refractivity contribution is 5.67. The Bertz CT molecular complexity index is 458. The van der Waals surface area contributed by atoms with Crippen LogP contribution in [0.5, 0.6) is 11.5 Å². The Labute approximate surface area is 110 Å². The highest BCUT2D eigenvalue weighted by Crippen LogP contribution is 2.33. The molecule has 1 heterocycles. The molecule has 2 unspecified atom stereocenters. The van der Waals surface area contributed by atoms with Gasteiger partial charge in [-0.2, -0.15) is 0 Å². The molecule has 0 aromatic heterocycles. The van der Waals surface area contributed by atoms with E-state index in [1.165, 1.54) is 0 Å². The summed E-state index contributed by atoms with van der Waals surface area (Å²) < 4.78 is 10.9. The van der Waals surface area contributed by atoms with Crippen molar-refractivity contribution in [3.05, 3.63) is 23.8 Å². The third kappa shape index (κ3) is 3.36. The molecule has 6 nitrogen and oxygen atoms in total. The monoisotopic (exact) mass is 268 g/mol. The molecule has 3 N–H and O–H groups in total. The van der Waals surface area contributed by atoms with Crippen LogP contribution in [0.2, 0.25) is 0 Å². The molecule has 2 atom stereocenters. The fourth-order valence-corrected chi connectivity index (χ4v) is 1.88. The van der Waals surface area contributed by atoms with Crippen LogP contribution in [-0.2, 0) is 4.79 Å². The van der Waals surface area contributed by atoms with Gasteiger partial charge in [-0.3, -0.25) is 4.79 Å². The molecule has 1 aliphatic rings. The Morgan fingerprint density at radius 1 is 1.21 bits per heavy atom. The van der Waals surface area contributed by atoms with E-state index in [2.05, 4.69) is 0 Å². The van der Waals surface area contributed by atoms with Crippen molar-refractivity contribution in [1.82, 2.24) is 0 Å². The molecule has 1 aromatic carbocycles. The standard InChI is InChI=1S/C13H16O6/c14-9(7-12(15)16)13(17)8-2-3-10-11(6-8)19-5-1-4-18-10/h2-3,6,9,13-14,17H,1,4-5,7H2,(H,15,16). The van der Waals surface area contributed by atoms with E-state index >= 15 is 0 Å². The lowest BCUT2D eigenvalue weighted by Gasteiger charge is -2.18. The minimum atomic E-state index is -1.36. The molecular formula is C13H16O6. The highest BCUT2D eigenvalue weighted by Gasteiger charge is 2.23. The van der Waals surface area contributed by atoms with Crippen molar-refractivity contribution in [3.8, 4) is 11.5 Å². The van der Waals surface area contributed by atoms with Crippen LogP contribution in [0.15, 0.2) is 18.2 Å². The number of hydrogen-bond donors (Lipinski definition) is 3. The minimum absolute atomic E-state index is 0.401. The number of carboxylic acids is 1. The van der Waals surface area contributed by atoms with Gasteiger partial charge in [-0.15, -0.1) is 0 Å². The first kappa shape index (κ1) is 13.6. The number of hydrogen-bond acceptors (Lipinski definition) is 5. The molecule has 1 aromatic rings. The van der Waals surface area contributed by atoms with Crippen LogP contribution in [0.4, 0.5) is 0 Å². The molecule has 1 aliphatic heterocycles. The molecule has 0 radical (unpaired) electrons. The molecule has 0 amide bonds. The fourth-order valence-electron chi connectivity index (χ4n) is 1.88. The molecule has 0 saturated carbocycles. The largest absolute Gasteiger partial charge is 0.490 e. The van der Waals surface area contributed by atoms with Gasteiger partial charge < -0.3 is 24.8 Å². The van der Waals surface area contributed by atoms with Gasteiger partial charge >= 0.3 is 5.97 Å². The Kier molecular flexibility index (Phi) is 4.24. The summed E-state index contributed by atoms with van der Waals surface area (Å²) in [6.07, 6.45) is -2.38. The summed E-state index contributed by atoms with van der Waals surface area (Å²) in [7, 11) is 0. The molecule has 0 aliphatic carbocycles. The molecule has 0 spiro atoms. The number of benzene rings is 1. The SMILES string of the molecule is O=C(O)CC(O)C(O)c1ccc2c(c1)OCCCO2. The summed E-state index contributed by atoms with van der Waals surface area (Å²) in [4.78, 5) is 10.5. The summed E-state index contributed by atoms with van der Waals surface area (Å²) in [6, 6.07) is 4.80. The molecule has 0 fully saturated rings. The van der Waals surface area contributed by atoms with Crippen molar-refractivity contribution in [3.63, 3.8) is 0 Å². The number of carbonyl (C=O) groups is 1. The van der Waals surface area contributed by atoms with Gasteiger partial charge in [0.15, 0.2) is 11.5 Å². The Morgan fingerprint density at radius 2 is 1.89 bits per heavy atom. The molecule has 104 valence electrons.